The molecular formula is C28H36N4O6. The lowest BCUT2D eigenvalue weighted by Crippen LogP contribution is -2.45. The van der Waals surface area contributed by atoms with Gasteiger partial charge in [-0.15, -0.1) is 0 Å². The Labute approximate surface area is 223 Å². The molecule has 0 saturated carbocycles. The Hall–Kier alpha value is -3.92. The molecular weight excluding hydrogens is 488 g/mol. The van der Waals surface area contributed by atoms with Crippen molar-refractivity contribution in [3.05, 3.63) is 65.7 Å². The predicted octanol–water partition coefficient (Wildman–Crippen LogP) is 2.33. The van der Waals surface area contributed by atoms with Crippen LogP contribution in [-0.2, 0) is 25.6 Å². The number of hydrogen-bond donors (Lipinski definition) is 1. The van der Waals surface area contributed by atoms with Crippen LogP contribution in [0.15, 0.2) is 54.6 Å². The van der Waals surface area contributed by atoms with Gasteiger partial charge >= 0.3 is 12.1 Å². The molecule has 0 aromatic heterocycles. The maximum absolute atomic E-state index is 12.6. The van der Waals surface area contributed by atoms with Crippen molar-refractivity contribution in [2.24, 2.45) is 0 Å². The molecule has 0 spiro atoms. The van der Waals surface area contributed by atoms with Crippen molar-refractivity contribution in [3.63, 3.8) is 0 Å². The number of nitrogens with one attached hydrogen (secondary N) is 1. The van der Waals surface area contributed by atoms with Gasteiger partial charge in [-0.25, -0.2) is 4.79 Å². The molecule has 204 valence electrons. The van der Waals surface area contributed by atoms with Crippen molar-refractivity contribution >= 4 is 29.4 Å². The summed E-state index contributed by atoms with van der Waals surface area (Å²) >= 11 is 0. The van der Waals surface area contributed by atoms with Gasteiger partial charge in [-0.3, -0.25) is 19.3 Å². The number of Topliss-reactive ketones (excluding diaryl/α,β-unsaturated/α-hetero) is 1. The first-order valence-corrected chi connectivity index (χ1v) is 12.8. The highest BCUT2D eigenvalue weighted by atomic mass is 16.5. The van der Waals surface area contributed by atoms with Crippen LogP contribution in [0.4, 0.5) is 10.5 Å². The van der Waals surface area contributed by atoms with Gasteiger partial charge in [-0.1, -0.05) is 37.3 Å². The van der Waals surface area contributed by atoms with Crippen molar-refractivity contribution in [1.29, 1.82) is 0 Å². The van der Waals surface area contributed by atoms with Crippen LogP contribution in [0, 0.1) is 0 Å². The van der Waals surface area contributed by atoms with Crippen LogP contribution >= 0.6 is 0 Å². The van der Waals surface area contributed by atoms with Gasteiger partial charge in [0.1, 0.15) is 13.1 Å². The van der Waals surface area contributed by atoms with E-state index in [0.717, 1.165) is 38.4 Å². The lowest BCUT2D eigenvalue weighted by molar-refractivity contribution is -0.148. The third kappa shape index (κ3) is 8.88. The van der Waals surface area contributed by atoms with Gasteiger partial charge in [0.2, 0.25) is 5.91 Å². The summed E-state index contributed by atoms with van der Waals surface area (Å²) in [6.45, 7) is 5.82. The predicted molar refractivity (Wildman–Crippen MR) is 143 cm³/mol. The highest BCUT2D eigenvalue weighted by Gasteiger charge is 2.20. The molecule has 10 nitrogen and oxygen atoms in total. The van der Waals surface area contributed by atoms with Crippen molar-refractivity contribution in [1.82, 2.24) is 15.1 Å². The van der Waals surface area contributed by atoms with Crippen LogP contribution in [0.1, 0.15) is 29.3 Å². The normalized spacial score (nSPS) is 13.5. The number of rotatable bonds is 12. The second-order valence-corrected chi connectivity index (χ2v) is 9.04. The Morgan fingerprint density at radius 2 is 1.63 bits per heavy atom. The number of ether oxygens (including phenoxy) is 2. The highest BCUT2D eigenvalue weighted by molar-refractivity contribution is 5.98. The Balaban J connectivity index is 1.43. The summed E-state index contributed by atoms with van der Waals surface area (Å²) in [5.74, 6) is -1.46. The number of anilines is 1. The van der Waals surface area contributed by atoms with Gasteiger partial charge in [0.15, 0.2) is 12.4 Å². The van der Waals surface area contributed by atoms with Gasteiger partial charge in [0.05, 0.1) is 7.11 Å². The maximum Gasteiger partial charge on any atom is 0.407 e. The monoisotopic (exact) mass is 524 g/mol. The topological polar surface area (TPSA) is 108 Å². The van der Waals surface area contributed by atoms with Gasteiger partial charge in [0, 0.05) is 50.5 Å². The molecule has 0 atom stereocenters. The lowest BCUT2D eigenvalue weighted by Gasteiger charge is -2.36. The fourth-order valence-corrected chi connectivity index (χ4v) is 4.19. The minimum absolute atomic E-state index is 0.298. The van der Waals surface area contributed by atoms with E-state index in [1.54, 1.807) is 12.1 Å². The SMILES string of the molecule is CCCN(CC(=O)OCC(=O)c1ccc(N2CCN(Cc3ccccc3)CC2)cc1)C(=O)CNC(=O)OC. The lowest BCUT2D eigenvalue weighted by atomic mass is 10.1. The number of amides is 2. The van der Waals surface area contributed by atoms with Gasteiger partial charge in [-0.05, 0) is 36.2 Å². The molecule has 0 unspecified atom stereocenters. The van der Waals surface area contributed by atoms with Crippen LogP contribution in [0.5, 0.6) is 0 Å². The number of alkyl carbamates (subject to hydrolysis) is 1. The smallest absolute Gasteiger partial charge is 0.407 e. The third-order valence-corrected chi connectivity index (χ3v) is 6.28. The second-order valence-electron chi connectivity index (χ2n) is 9.04. The van der Waals surface area contributed by atoms with Gasteiger partial charge in [-0.2, -0.15) is 0 Å². The van der Waals surface area contributed by atoms with E-state index in [2.05, 4.69) is 44.1 Å². The molecule has 1 fully saturated rings. The minimum Gasteiger partial charge on any atom is -0.456 e. The van der Waals surface area contributed by atoms with Crippen LogP contribution in [0.2, 0.25) is 0 Å². The summed E-state index contributed by atoms with van der Waals surface area (Å²) in [5, 5.41) is 2.29. The fourth-order valence-electron chi connectivity index (χ4n) is 4.19. The van der Waals surface area contributed by atoms with Crippen molar-refractivity contribution in [3.8, 4) is 0 Å². The molecule has 1 N–H and O–H groups in total. The van der Waals surface area contributed by atoms with Gasteiger partial charge in [0.25, 0.3) is 0 Å². The molecule has 2 aromatic rings. The average Bonchev–Trinajstić information content (AvgIpc) is 2.95. The number of esters is 1. The van der Waals surface area contributed by atoms with Crippen molar-refractivity contribution in [2.75, 3.05) is 64.4 Å². The largest absolute Gasteiger partial charge is 0.456 e. The van der Waals surface area contributed by atoms with E-state index in [-0.39, 0.29) is 18.9 Å². The van der Waals surface area contributed by atoms with Crippen LogP contribution in [0.3, 0.4) is 0 Å². The number of nitrogens with zero attached hydrogens (tertiary/aromatic N) is 3. The molecule has 1 aliphatic rings. The standard InChI is InChI=1S/C28H36N4O6/c1-3-13-32(26(34)18-29-28(36)37-2)20-27(35)38-21-25(33)23-9-11-24(12-10-23)31-16-14-30(15-17-31)19-22-7-5-4-6-8-22/h4-12H,3,13-21H2,1-2H3,(H,29,36). The molecule has 0 bridgehead atoms. The fraction of sp³-hybridized carbons (Fsp3) is 0.429. The number of benzene rings is 2. The molecule has 38 heavy (non-hydrogen) atoms. The molecule has 1 aliphatic heterocycles. The summed E-state index contributed by atoms with van der Waals surface area (Å²) in [6.07, 6.45) is -0.121. The summed E-state index contributed by atoms with van der Waals surface area (Å²) in [7, 11) is 1.19. The number of methoxy groups -OCH3 is 1. The molecule has 10 heteroatoms. The number of carbonyl (C=O) groups excluding carboxylic acids is 4. The summed E-state index contributed by atoms with van der Waals surface area (Å²) in [6, 6.07) is 17.8. The van der Waals surface area contributed by atoms with E-state index in [0.29, 0.717) is 18.5 Å². The van der Waals surface area contributed by atoms with E-state index in [4.69, 9.17) is 4.74 Å². The zero-order chi connectivity index (χ0) is 27.3. The molecule has 0 aliphatic carbocycles. The minimum atomic E-state index is -0.737. The number of piperazine rings is 1. The first-order chi connectivity index (χ1) is 18.4. The molecule has 2 amide bonds. The summed E-state index contributed by atoms with van der Waals surface area (Å²) < 4.78 is 9.57. The van der Waals surface area contributed by atoms with E-state index in [1.807, 2.05) is 25.1 Å². The first-order valence-electron chi connectivity index (χ1n) is 12.8. The zero-order valence-corrected chi connectivity index (χ0v) is 22.1. The number of carbonyl (C=O) groups is 4. The van der Waals surface area contributed by atoms with E-state index < -0.39 is 24.6 Å². The van der Waals surface area contributed by atoms with E-state index in [9.17, 15) is 19.2 Å². The Bertz CT molecular complexity index is 1070. The third-order valence-electron chi connectivity index (χ3n) is 6.28. The van der Waals surface area contributed by atoms with Crippen molar-refractivity contribution < 1.29 is 28.7 Å². The van der Waals surface area contributed by atoms with Crippen LogP contribution in [-0.4, -0.2) is 93.1 Å². The Morgan fingerprint density at radius 3 is 2.26 bits per heavy atom. The van der Waals surface area contributed by atoms with E-state index >= 15 is 0 Å². The summed E-state index contributed by atoms with van der Waals surface area (Å²) in [4.78, 5) is 54.3. The van der Waals surface area contributed by atoms with E-state index in [1.165, 1.54) is 17.6 Å². The Morgan fingerprint density at radius 1 is 0.947 bits per heavy atom. The average molecular weight is 525 g/mol. The number of hydrogen-bond acceptors (Lipinski definition) is 8. The van der Waals surface area contributed by atoms with Crippen LogP contribution < -0.4 is 10.2 Å². The van der Waals surface area contributed by atoms with Crippen LogP contribution in [0.25, 0.3) is 0 Å². The second kappa shape index (κ2) is 14.7. The first kappa shape index (κ1) is 28.6. The molecule has 3 rings (SSSR count). The molecule has 2 aromatic carbocycles. The molecule has 1 heterocycles. The van der Waals surface area contributed by atoms with Crippen molar-refractivity contribution in [2.45, 2.75) is 19.9 Å². The molecule has 0 radical (unpaired) electrons. The number of ketones is 1. The quantitative estimate of drug-likeness (QED) is 0.333. The highest BCUT2D eigenvalue weighted by Crippen LogP contribution is 2.19. The Kier molecular flexibility index (Phi) is 11.1. The summed E-state index contributed by atoms with van der Waals surface area (Å²) in [5.41, 5.74) is 2.81. The molecule has 1 saturated heterocycles. The van der Waals surface area contributed by atoms with Gasteiger partial charge < -0.3 is 24.6 Å². The zero-order valence-electron chi connectivity index (χ0n) is 22.1. The maximum atomic E-state index is 12.6.